The fraction of sp³-hybridized carbons (Fsp3) is 0.562. The SMILES string of the molecule is COCC(C)NC(=O)CSc1nc(N)c2c3c(sc2n1)CCCC3. The Morgan fingerprint density at radius 3 is 3.00 bits per heavy atom. The molecule has 0 saturated carbocycles. The number of aryl methyl sites for hydroxylation is 2. The Hall–Kier alpha value is -1.38. The number of anilines is 1. The van der Waals surface area contributed by atoms with Gasteiger partial charge in [-0.25, -0.2) is 9.97 Å². The van der Waals surface area contributed by atoms with E-state index in [1.165, 1.54) is 35.0 Å². The van der Waals surface area contributed by atoms with E-state index in [1.54, 1.807) is 18.4 Å². The predicted molar refractivity (Wildman–Crippen MR) is 98.7 cm³/mol. The van der Waals surface area contributed by atoms with Gasteiger partial charge in [0.25, 0.3) is 0 Å². The highest BCUT2D eigenvalue weighted by Gasteiger charge is 2.20. The second kappa shape index (κ2) is 7.67. The number of ether oxygens (including phenoxy) is 1. The third-order valence-electron chi connectivity index (χ3n) is 3.98. The molecule has 24 heavy (non-hydrogen) atoms. The molecule has 0 bridgehead atoms. The summed E-state index contributed by atoms with van der Waals surface area (Å²) in [7, 11) is 1.61. The number of nitrogens with one attached hydrogen (secondary N) is 1. The van der Waals surface area contributed by atoms with Gasteiger partial charge in [0.15, 0.2) is 5.16 Å². The zero-order valence-corrected chi connectivity index (χ0v) is 15.6. The van der Waals surface area contributed by atoms with Gasteiger partial charge in [0.1, 0.15) is 10.6 Å². The van der Waals surface area contributed by atoms with Crippen LogP contribution in [0.4, 0.5) is 5.82 Å². The average Bonchev–Trinajstić information content (AvgIpc) is 2.92. The van der Waals surface area contributed by atoms with Crippen LogP contribution >= 0.6 is 23.1 Å². The Balaban J connectivity index is 1.71. The Morgan fingerprint density at radius 2 is 2.21 bits per heavy atom. The summed E-state index contributed by atoms with van der Waals surface area (Å²) < 4.78 is 5.01. The molecule has 8 heteroatoms. The van der Waals surface area contributed by atoms with Crippen molar-refractivity contribution >= 4 is 45.0 Å². The van der Waals surface area contributed by atoms with E-state index in [0.29, 0.717) is 17.6 Å². The van der Waals surface area contributed by atoms with E-state index >= 15 is 0 Å². The van der Waals surface area contributed by atoms with E-state index < -0.39 is 0 Å². The molecule has 2 aromatic heterocycles. The number of thiophene rings is 1. The summed E-state index contributed by atoms with van der Waals surface area (Å²) in [5.41, 5.74) is 7.51. The lowest BCUT2D eigenvalue weighted by atomic mass is 9.97. The Morgan fingerprint density at radius 1 is 1.42 bits per heavy atom. The molecule has 130 valence electrons. The molecule has 3 rings (SSSR count). The van der Waals surface area contributed by atoms with Gasteiger partial charge in [-0.1, -0.05) is 11.8 Å². The summed E-state index contributed by atoms with van der Waals surface area (Å²) in [5.74, 6) is 0.747. The lowest BCUT2D eigenvalue weighted by molar-refractivity contribution is -0.119. The van der Waals surface area contributed by atoms with Gasteiger partial charge in [0.05, 0.1) is 17.7 Å². The first-order chi connectivity index (χ1) is 11.6. The molecule has 1 unspecified atom stereocenters. The van der Waals surface area contributed by atoms with E-state index in [-0.39, 0.29) is 17.7 Å². The number of nitrogens with zero attached hydrogens (tertiary/aromatic N) is 2. The molecule has 0 aromatic carbocycles. The summed E-state index contributed by atoms with van der Waals surface area (Å²) in [4.78, 5) is 23.3. The molecular formula is C16H22N4O2S2. The molecule has 0 fully saturated rings. The van der Waals surface area contributed by atoms with Crippen molar-refractivity contribution in [1.29, 1.82) is 0 Å². The third-order valence-corrected chi connectivity index (χ3v) is 6.01. The normalized spacial score (nSPS) is 15.2. The largest absolute Gasteiger partial charge is 0.383 e. The number of amides is 1. The van der Waals surface area contributed by atoms with Gasteiger partial charge in [0, 0.05) is 18.0 Å². The van der Waals surface area contributed by atoms with Gasteiger partial charge < -0.3 is 15.8 Å². The smallest absolute Gasteiger partial charge is 0.230 e. The summed E-state index contributed by atoms with van der Waals surface area (Å²) in [5, 5.41) is 4.46. The topological polar surface area (TPSA) is 90.1 Å². The van der Waals surface area contributed by atoms with Crippen LogP contribution in [0.1, 0.15) is 30.2 Å². The van der Waals surface area contributed by atoms with Crippen molar-refractivity contribution in [3.63, 3.8) is 0 Å². The monoisotopic (exact) mass is 366 g/mol. The molecule has 2 aromatic rings. The molecule has 0 radical (unpaired) electrons. The minimum atomic E-state index is -0.0581. The summed E-state index contributed by atoms with van der Waals surface area (Å²) >= 11 is 3.03. The average molecular weight is 367 g/mol. The van der Waals surface area contributed by atoms with Crippen molar-refractivity contribution in [2.45, 2.75) is 43.8 Å². The third kappa shape index (κ3) is 3.81. The Labute approximate surface area is 149 Å². The van der Waals surface area contributed by atoms with Gasteiger partial charge in [0.2, 0.25) is 5.91 Å². The van der Waals surface area contributed by atoms with Crippen molar-refractivity contribution in [3.05, 3.63) is 10.4 Å². The van der Waals surface area contributed by atoms with Crippen LogP contribution in [0.5, 0.6) is 0 Å². The standard InChI is InChI=1S/C16H22N4O2S2/c1-9(7-22-2)18-12(21)8-23-16-19-14(17)13-10-5-3-4-6-11(10)24-15(13)20-16/h9H,3-8H2,1-2H3,(H,18,21)(H2,17,19,20). The van der Waals surface area contributed by atoms with E-state index in [4.69, 9.17) is 10.5 Å². The maximum atomic E-state index is 11.9. The summed E-state index contributed by atoms with van der Waals surface area (Å²) in [6, 6.07) is -0.0133. The number of rotatable bonds is 6. The van der Waals surface area contributed by atoms with Crippen LogP contribution in [0.15, 0.2) is 5.16 Å². The first kappa shape index (κ1) is 17.4. The quantitative estimate of drug-likeness (QED) is 0.603. The second-order valence-corrected chi connectivity index (χ2v) is 8.02. The lowest BCUT2D eigenvalue weighted by Gasteiger charge is -2.12. The molecule has 2 heterocycles. The van der Waals surface area contributed by atoms with Crippen LogP contribution < -0.4 is 11.1 Å². The van der Waals surface area contributed by atoms with Crippen molar-refractivity contribution in [3.8, 4) is 0 Å². The van der Waals surface area contributed by atoms with Gasteiger partial charge in [-0.3, -0.25) is 4.79 Å². The Bertz CT molecular complexity index is 747. The lowest BCUT2D eigenvalue weighted by Crippen LogP contribution is -2.36. The van der Waals surface area contributed by atoms with Gasteiger partial charge in [-0.05, 0) is 38.2 Å². The number of nitrogens with two attached hydrogens (primary N) is 1. The Kier molecular flexibility index (Phi) is 5.57. The van der Waals surface area contributed by atoms with Crippen LogP contribution in [0, 0.1) is 0 Å². The molecule has 1 atom stereocenters. The van der Waals surface area contributed by atoms with Crippen LogP contribution in [-0.2, 0) is 22.4 Å². The molecule has 1 aliphatic carbocycles. The van der Waals surface area contributed by atoms with Crippen molar-refractivity contribution in [1.82, 2.24) is 15.3 Å². The number of hydrogen-bond acceptors (Lipinski definition) is 7. The fourth-order valence-corrected chi connectivity index (χ4v) is 4.96. The van der Waals surface area contributed by atoms with Crippen molar-refractivity contribution in [2.75, 3.05) is 25.2 Å². The number of hydrogen-bond donors (Lipinski definition) is 2. The molecule has 1 aliphatic rings. The number of carbonyl (C=O) groups is 1. The molecule has 1 amide bonds. The van der Waals surface area contributed by atoms with E-state index in [2.05, 4.69) is 15.3 Å². The first-order valence-corrected chi connectivity index (χ1v) is 9.87. The second-order valence-electron chi connectivity index (χ2n) is 6.00. The minimum Gasteiger partial charge on any atom is -0.383 e. The molecule has 0 saturated heterocycles. The summed E-state index contributed by atoms with van der Waals surface area (Å²) in [6.07, 6.45) is 4.61. The minimum absolute atomic E-state index is 0.0133. The van der Waals surface area contributed by atoms with E-state index in [9.17, 15) is 4.79 Å². The molecule has 0 spiro atoms. The number of carbonyl (C=O) groups excluding carboxylic acids is 1. The van der Waals surface area contributed by atoms with Crippen LogP contribution in [-0.4, -0.2) is 41.4 Å². The van der Waals surface area contributed by atoms with Crippen LogP contribution in [0.3, 0.4) is 0 Å². The van der Waals surface area contributed by atoms with Crippen LogP contribution in [0.2, 0.25) is 0 Å². The number of methoxy groups -OCH3 is 1. The first-order valence-electron chi connectivity index (χ1n) is 8.07. The highest BCUT2D eigenvalue weighted by atomic mass is 32.2. The summed E-state index contributed by atoms with van der Waals surface area (Å²) in [6.45, 7) is 2.40. The highest BCUT2D eigenvalue weighted by molar-refractivity contribution is 7.99. The van der Waals surface area contributed by atoms with Crippen LogP contribution in [0.25, 0.3) is 10.2 Å². The fourth-order valence-electron chi connectivity index (χ4n) is 2.97. The number of thioether (sulfide) groups is 1. The highest BCUT2D eigenvalue weighted by Crippen LogP contribution is 2.38. The predicted octanol–water partition coefficient (Wildman–Crippen LogP) is 2.40. The van der Waals surface area contributed by atoms with E-state index in [1.807, 2.05) is 6.92 Å². The maximum absolute atomic E-state index is 11.9. The molecule has 0 aliphatic heterocycles. The zero-order valence-electron chi connectivity index (χ0n) is 13.9. The van der Waals surface area contributed by atoms with Gasteiger partial charge in [-0.15, -0.1) is 11.3 Å². The molecular weight excluding hydrogens is 344 g/mol. The number of fused-ring (bicyclic) bond motifs is 3. The molecule has 6 nitrogen and oxygen atoms in total. The number of aromatic nitrogens is 2. The van der Waals surface area contributed by atoms with Crippen molar-refractivity contribution < 1.29 is 9.53 Å². The zero-order chi connectivity index (χ0) is 17.1. The number of nitrogen functional groups attached to an aromatic ring is 1. The van der Waals surface area contributed by atoms with Gasteiger partial charge in [-0.2, -0.15) is 0 Å². The van der Waals surface area contributed by atoms with Crippen molar-refractivity contribution in [2.24, 2.45) is 0 Å². The molecule has 3 N–H and O–H groups in total. The maximum Gasteiger partial charge on any atom is 0.230 e. The van der Waals surface area contributed by atoms with E-state index in [0.717, 1.165) is 23.1 Å². The van der Waals surface area contributed by atoms with Gasteiger partial charge >= 0.3 is 0 Å².